The molecule has 0 saturated carbocycles. The summed E-state index contributed by atoms with van der Waals surface area (Å²) in [5.74, 6) is -1.70. The van der Waals surface area contributed by atoms with E-state index < -0.39 is 17.2 Å². The molecule has 0 unspecified atom stereocenters. The average Bonchev–Trinajstić information content (AvgIpc) is 2.58. The highest BCUT2D eigenvalue weighted by Gasteiger charge is 2.37. The van der Waals surface area contributed by atoms with E-state index in [1.165, 1.54) is 0 Å². The van der Waals surface area contributed by atoms with Crippen molar-refractivity contribution >= 4 is 29.1 Å². The van der Waals surface area contributed by atoms with Gasteiger partial charge in [0, 0.05) is 12.3 Å². The van der Waals surface area contributed by atoms with Crippen molar-refractivity contribution in [2.45, 2.75) is 19.4 Å². The van der Waals surface area contributed by atoms with Gasteiger partial charge in [-0.3, -0.25) is 9.59 Å². The van der Waals surface area contributed by atoms with E-state index in [4.69, 9.17) is 0 Å². The quantitative estimate of drug-likeness (QED) is 0.805. The monoisotopic (exact) mass is 303 g/mol. The zero-order chi connectivity index (χ0) is 15.1. The first kappa shape index (κ1) is 14.9. The smallest absolute Gasteiger partial charge is 0.304 e. The summed E-state index contributed by atoms with van der Waals surface area (Å²) in [5, 5.41) is 0. The number of amides is 1. The van der Waals surface area contributed by atoms with Crippen molar-refractivity contribution in [1.29, 1.82) is 0 Å². The number of carbonyl (C=O) groups excluding carboxylic acids is 2. The molecule has 1 heterocycles. The summed E-state index contributed by atoms with van der Waals surface area (Å²) in [6, 6.07) is 3.28. The molecule has 2 rings (SSSR count). The van der Waals surface area contributed by atoms with Gasteiger partial charge in [-0.2, -0.15) is 13.2 Å². The van der Waals surface area contributed by atoms with Gasteiger partial charge in [0.15, 0.2) is 0 Å². The Balaban J connectivity index is 2.26. The van der Waals surface area contributed by atoms with Gasteiger partial charge in [0.05, 0.1) is 11.3 Å². The van der Waals surface area contributed by atoms with Crippen molar-refractivity contribution in [1.82, 2.24) is 0 Å². The maximum atomic E-state index is 12.1. The van der Waals surface area contributed by atoms with Gasteiger partial charge in [-0.1, -0.05) is 6.07 Å². The molecule has 0 aromatic heterocycles. The second-order valence-electron chi connectivity index (χ2n) is 4.48. The van der Waals surface area contributed by atoms with E-state index in [1.807, 2.05) is 6.92 Å². The van der Waals surface area contributed by atoms with Crippen LogP contribution < -0.4 is 4.90 Å². The number of anilines is 1. The van der Waals surface area contributed by atoms with E-state index in [-0.39, 0.29) is 29.6 Å². The molecule has 0 radical (unpaired) electrons. The normalized spacial score (nSPS) is 14.9. The highest BCUT2D eigenvalue weighted by molar-refractivity contribution is 8.00. The van der Waals surface area contributed by atoms with Gasteiger partial charge in [-0.15, -0.1) is 0 Å². The summed E-state index contributed by atoms with van der Waals surface area (Å²) in [7, 11) is 0. The Morgan fingerprint density at radius 1 is 1.20 bits per heavy atom. The third kappa shape index (κ3) is 2.67. The molecular formula is C13H12F3NO2S. The SMILES string of the molecule is Cc1ccc2c(c1C)N(CCSC(F)(F)F)C(=O)C2=O. The lowest BCUT2D eigenvalue weighted by Gasteiger charge is -2.19. The lowest BCUT2D eigenvalue weighted by molar-refractivity contribution is -0.114. The fraction of sp³-hybridized carbons (Fsp3) is 0.385. The number of carbonyl (C=O) groups is 2. The van der Waals surface area contributed by atoms with Crippen LogP contribution in [0.15, 0.2) is 12.1 Å². The standard InChI is InChI=1S/C13H12F3NO2S/c1-7-3-4-9-10(8(7)2)17(12(19)11(9)18)5-6-20-13(14,15)16/h3-4H,5-6H2,1-2H3. The highest BCUT2D eigenvalue weighted by Crippen LogP contribution is 2.35. The number of nitrogens with zero attached hydrogens (tertiary/aromatic N) is 1. The van der Waals surface area contributed by atoms with Crippen LogP contribution in [0.5, 0.6) is 0 Å². The number of benzene rings is 1. The summed E-state index contributed by atoms with van der Waals surface area (Å²) < 4.78 is 36.4. The summed E-state index contributed by atoms with van der Waals surface area (Å²) in [6.07, 6.45) is 0. The van der Waals surface area contributed by atoms with Gasteiger partial charge in [0.2, 0.25) is 0 Å². The van der Waals surface area contributed by atoms with Gasteiger partial charge in [0.25, 0.3) is 11.7 Å². The lowest BCUT2D eigenvalue weighted by Crippen LogP contribution is -2.32. The van der Waals surface area contributed by atoms with Crippen molar-refractivity contribution in [3.05, 3.63) is 28.8 Å². The highest BCUT2D eigenvalue weighted by atomic mass is 32.2. The Hall–Kier alpha value is -1.50. The lowest BCUT2D eigenvalue weighted by atomic mass is 10.0. The summed E-state index contributed by atoms with van der Waals surface area (Å²) in [4.78, 5) is 24.8. The molecule has 1 aliphatic rings. The number of thioether (sulfide) groups is 1. The van der Waals surface area contributed by atoms with Crippen LogP contribution in [-0.4, -0.2) is 29.5 Å². The minimum atomic E-state index is -4.34. The van der Waals surface area contributed by atoms with Gasteiger partial charge < -0.3 is 4.90 Å². The van der Waals surface area contributed by atoms with Gasteiger partial charge in [-0.05, 0) is 42.8 Å². The molecule has 20 heavy (non-hydrogen) atoms. The Morgan fingerprint density at radius 3 is 2.45 bits per heavy atom. The fourth-order valence-electron chi connectivity index (χ4n) is 2.14. The van der Waals surface area contributed by atoms with Crippen molar-refractivity contribution in [3.8, 4) is 0 Å². The first-order valence-electron chi connectivity index (χ1n) is 5.89. The van der Waals surface area contributed by atoms with E-state index in [1.54, 1.807) is 19.1 Å². The zero-order valence-electron chi connectivity index (χ0n) is 10.9. The van der Waals surface area contributed by atoms with Gasteiger partial charge in [0.1, 0.15) is 0 Å². The molecule has 1 aliphatic heterocycles. The maximum Gasteiger partial charge on any atom is 0.441 e. The molecular weight excluding hydrogens is 291 g/mol. The van der Waals surface area contributed by atoms with E-state index in [2.05, 4.69) is 0 Å². The Morgan fingerprint density at radius 2 is 1.85 bits per heavy atom. The first-order chi connectivity index (χ1) is 9.22. The molecule has 0 fully saturated rings. The number of hydrogen-bond donors (Lipinski definition) is 0. The molecule has 0 aliphatic carbocycles. The molecule has 1 aromatic carbocycles. The van der Waals surface area contributed by atoms with Crippen LogP contribution in [-0.2, 0) is 4.79 Å². The second kappa shape index (κ2) is 5.12. The van der Waals surface area contributed by atoms with Crippen LogP contribution in [0.2, 0.25) is 0 Å². The number of fused-ring (bicyclic) bond motifs is 1. The maximum absolute atomic E-state index is 12.1. The second-order valence-corrected chi connectivity index (χ2v) is 5.64. The van der Waals surface area contributed by atoms with Crippen molar-refractivity contribution in [3.63, 3.8) is 0 Å². The average molecular weight is 303 g/mol. The number of aryl methyl sites for hydroxylation is 1. The molecule has 7 heteroatoms. The predicted molar refractivity (Wildman–Crippen MR) is 71.1 cm³/mol. The number of halogens is 3. The zero-order valence-corrected chi connectivity index (χ0v) is 11.7. The molecule has 0 spiro atoms. The van der Waals surface area contributed by atoms with Crippen molar-refractivity contribution in [2.75, 3.05) is 17.2 Å². The summed E-state index contributed by atoms with van der Waals surface area (Å²) in [6.45, 7) is 3.45. The van der Waals surface area contributed by atoms with E-state index in [0.29, 0.717) is 5.69 Å². The van der Waals surface area contributed by atoms with Crippen LogP contribution in [0, 0.1) is 13.8 Å². The fourth-order valence-corrected chi connectivity index (χ4v) is 2.64. The number of alkyl halides is 3. The largest absolute Gasteiger partial charge is 0.441 e. The van der Waals surface area contributed by atoms with Crippen molar-refractivity contribution < 1.29 is 22.8 Å². The molecule has 0 N–H and O–H groups in total. The number of rotatable bonds is 3. The predicted octanol–water partition coefficient (Wildman–Crippen LogP) is 3.09. The topological polar surface area (TPSA) is 37.4 Å². The number of hydrogen-bond acceptors (Lipinski definition) is 3. The minimum Gasteiger partial charge on any atom is -0.304 e. The van der Waals surface area contributed by atoms with Crippen LogP contribution in [0.1, 0.15) is 21.5 Å². The van der Waals surface area contributed by atoms with Gasteiger partial charge in [-0.25, -0.2) is 0 Å². The molecule has 108 valence electrons. The van der Waals surface area contributed by atoms with Gasteiger partial charge >= 0.3 is 5.51 Å². The summed E-state index contributed by atoms with van der Waals surface area (Å²) in [5.41, 5.74) is -1.98. The first-order valence-corrected chi connectivity index (χ1v) is 6.88. The number of ketones is 1. The van der Waals surface area contributed by atoms with E-state index in [9.17, 15) is 22.8 Å². The minimum absolute atomic E-state index is 0.133. The van der Waals surface area contributed by atoms with Crippen molar-refractivity contribution in [2.24, 2.45) is 0 Å². The molecule has 0 bridgehead atoms. The van der Waals surface area contributed by atoms with Crippen LogP contribution in [0.25, 0.3) is 0 Å². The Bertz CT molecular complexity index is 584. The Labute approximate surface area is 118 Å². The number of Topliss-reactive ketones (excluding diaryl/α,β-unsaturated/α-hetero) is 1. The molecule has 1 aromatic rings. The Kier molecular flexibility index (Phi) is 3.82. The van der Waals surface area contributed by atoms with Crippen LogP contribution in [0.4, 0.5) is 18.9 Å². The third-order valence-electron chi connectivity index (χ3n) is 3.24. The third-order valence-corrected chi connectivity index (χ3v) is 3.95. The van der Waals surface area contributed by atoms with Crippen LogP contribution >= 0.6 is 11.8 Å². The molecule has 0 atom stereocenters. The summed E-state index contributed by atoms with van der Waals surface area (Å²) >= 11 is -0.197. The van der Waals surface area contributed by atoms with E-state index in [0.717, 1.165) is 16.0 Å². The molecule has 3 nitrogen and oxygen atoms in total. The van der Waals surface area contributed by atoms with Crippen LogP contribution in [0.3, 0.4) is 0 Å². The molecule has 0 saturated heterocycles. The molecule has 1 amide bonds. The van der Waals surface area contributed by atoms with E-state index >= 15 is 0 Å².